The molecule has 0 spiro atoms. The van der Waals surface area contributed by atoms with Gasteiger partial charge in [0.2, 0.25) is 5.52 Å². The highest BCUT2D eigenvalue weighted by Crippen LogP contribution is 2.38. The first-order chi connectivity index (χ1) is 15.1. The Labute approximate surface area is 184 Å². The summed E-state index contributed by atoms with van der Waals surface area (Å²) in [6, 6.07) is 12.3. The standard InChI is InChI=1S/C22H22NO4.FHO3S/c1-23-12-14-9-19(25-3)20(26-4)10-16(14)15-7-6-13-8-18(24-2)21(27-5)11-17(13)22(15)23;1-5(2,3)4/h6-12H,1-5H3;(H,2,3,4)/q+1;. The second-order valence-electron chi connectivity index (χ2n) is 6.84. The number of rotatable bonds is 4. The molecule has 0 radical (unpaired) electrons. The van der Waals surface area contributed by atoms with Crippen LogP contribution in [0.15, 0.2) is 42.6 Å². The van der Waals surface area contributed by atoms with Crippen molar-refractivity contribution in [1.82, 2.24) is 0 Å². The van der Waals surface area contributed by atoms with Gasteiger partial charge in [0, 0.05) is 5.39 Å². The summed E-state index contributed by atoms with van der Waals surface area (Å²) in [5.41, 5.74) is 1.12. The van der Waals surface area contributed by atoms with Gasteiger partial charge in [0.1, 0.15) is 7.05 Å². The molecule has 3 aromatic carbocycles. The molecule has 0 fully saturated rings. The summed E-state index contributed by atoms with van der Waals surface area (Å²) in [5.74, 6) is 2.87. The fraction of sp³-hybridized carbons (Fsp3) is 0.227. The third-order valence-corrected chi connectivity index (χ3v) is 5.03. The van der Waals surface area contributed by atoms with Crippen LogP contribution in [0.4, 0.5) is 3.89 Å². The lowest BCUT2D eigenvalue weighted by Gasteiger charge is -2.12. The van der Waals surface area contributed by atoms with E-state index in [1.807, 2.05) is 24.3 Å². The van der Waals surface area contributed by atoms with E-state index < -0.39 is 10.5 Å². The van der Waals surface area contributed by atoms with Gasteiger partial charge in [0.25, 0.3) is 0 Å². The van der Waals surface area contributed by atoms with Gasteiger partial charge >= 0.3 is 10.5 Å². The fourth-order valence-corrected chi connectivity index (χ4v) is 3.74. The zero-order valence-corrected chi connectivity index (χ0v) is 19.0. The zero-order chi connectivity index (χ0) is 23.6. The molecule has 10 heteroatoms. The van der Waals surface area contributed by atoms with Crippen LogP contribution in [0.2, 0.25) is 0 Å². The van der Waals surface area contributed by atoms with Gasteiger partial charge in [0.15, 0.2) is 29.2 Å². The predicted molar refractivity (Wildman–Crippen MR) is 119 cm³/mol. The van der Waals surface area contributed by atoms with Gasteiger partial charge < -0.3 is 18.9 Å². The van der Waals surface area contributed by atoms with Crippen LogP contribution in [0.25, 0.3) is 32.4 Å². The monoisotopic (exact) mass is 464 g/mol. The number of nitrogens with zero attached hydrogens (tertiary/aromatic N) is 1. The molecule has 0 aliphatic heterocycles. The Bertz CT molecular complexity index is 1410. The van der Waals surface area contributed by atoms with Crippen molar-refractivity contribution < 1.29 is 40.4 Å². The van der Waals surface area contributed by atoms with Gasteiger partial charge in [-0.05, 0) is 35.7 Å². The molecule has 0 unspecified atom stereocenters. The van der Waals surface area contributed by atoms with E-state index in [9.17, 15) is 3.89 Å². The van der Waals surface area contributed by atoms with Crippen molar-refractivity contribution >= 4 is 43.0 Å². The lowest BCUT2D eigenvalue weighted by Crippen LogP contribution is -2.28. The van der Waals surface area contributed by atoms with Crippen LogP contribution in [0.1, 0.15) is 0 Å². The van der Waals surface area contributed by atoms with E-state index in [0.29, 0.717) is 11.5 Å². The second-order valence-corrected chi connectivity index (χ2v) is 7.66. The molecule has 1 aromatic heterocycles. The summed E-state index contributed by atoms with van der Waals surface area (Å²) < 4.78 is 58.2. The highest BCUT2D eigenvalue weighted by atomic mass is 32.3. The Morgan fingerprint density at radius 1 is 0.750 bits per heavy atom. The van der Waals surface area contributed by atoms with E-state index >= 15 is 0 Å². The van der Waals surface area contributed by atoms with E-state index in [-0.39, 0.29) is 0 Å². The molecule has 32 heavy (non-hydrogen) atoms. The van der Waals surface area contributed by atoms with Crippen LogP contribution in [-0.4, -0.2) is 41.4 Å². The average molecular weight is 464 g/mol. The number of hydrogen-bond donors (Lipinski definition) is 1. The van der Waals surface area contributed by atoms with Crippen LogP contribution >= 0.6 is 0 Å². The second kappa shape index (κ2) is 9.01. The molecule has 4 rings (SSSR count). The smallest absolute Gasteiger partial charge is 0.435 e. The third kappa shape index (κ3) is 4.61. The summed E-state index contributed by atoms with van der Waals surface area (Å²) >= 11 is 0. The van der Waals surface area contributed by atoms with Crippen molar-refractivity contribution in [3.8, 4) is 23.0 Å². The number of aryl methyl sites for hydroxylation is 1. The van der Waals surface area contributed by atoms with Crippen molar-refractivity contribution in [3.05, 3.63) is 42.6 Å². The molecular weight excluding hydrogens is 441 g/mol. The molecule has 0 amide bonds. The molecule has 4 aromatic rings. The highest BCUT2D eigenvalue weighted by Gasteiger charge is 2.18. The van der Waals surface area contributed by atoms with E-state index in [0.717, 1.165) is 43.9 Å². The predicted octanol–water partition coefficient (Wildman–Crippen LogP) is 3.76. The molecule has 170 valence electrons. The number of fused-ring (bicyclic) bond motifs is 5. The largest absolute Gasteiger partial charge is 0.493 e. The van der Waals surface area contributed by atoms with Gasteiger partial charge in [-0.3, -0.25) is 4.55 Å². The lowest BCUT2D eigenvalue weighted by atomic mass is 10.00. The molecule has 0 atom stereocenters. The molecular formula is C22H23FNO7S+. The maximum absolute atomic E-state index is 10.2. The summed E-state index contributed by atoms with van der Waals surface area (Å²) in [6.07, 6.45) is 2.11. The normalized spacial score (nSPS) is 11.2. The van der Waals surface area contributed by atoms with E-state index in [1.165, 1.54) is 0 Å². The minimum Gasteiger partial charge on any atom is -0.493 e. The maximum Gasteiger partial charge on any atom is 0.435 e. The molecule has 1 heterocycles. The topological polar surface area (TPSA) is 95.2 Å². The van der Waals surface area contributed by atoms with Crippen LogP contribution in [0, 0.1) is 0 Å². The van der Waals surface area contributed by atoms with Crippen LogP contribution < -0.4 is 23.5 Å². The van der Waals surface area contributed by atoms with Crippen molar-refractivity contribution in [1.29, 1.82) is 0 Å². The number of halogens is 1. The molecule has 1 N–H and O–H groups in total. The van der Waals surface area contributed by atoms with E-state index in [1.54, 1.807) is 28.4 Å². The Morgan fingerprint density at radius 2 is 1.19 bits per heavy atom. The summed E-state index contributed by atoms with van der Waals surface area (Å²) in [4.78, 5) is 0. The van der Waals surface area contributed by atoms with Gasteiger partial charge in [-0.1, -0.05) is 9.95 Å². The van der Waals surface area contributed by atoms with Crippen molar-refractivity contribution in [2.45, 2.75) is 0 Å². The van der Waals surface area contributed by atoms with E-state index in [4.69, 9.17) is 31.9 Å². The highest BCUT2D eigenvalue weighted by molar-refractivity contribution is 7.80. The van der Waals surface area contributed by atoms with Crippen LogP contribution in [-0.2, 0) is 17.6 Å². The maximum atomic E-state index is 10.2. The fourth-order valence-electron chi connectivity index (χ4n) is 3.74. The number of pyridine rings is 1. The number of benzene rings is 3. The number of ether oxygens (including phenoxy) is 4. The van der Waals surface area contributed by atoms with Crippen molar-refractivity contribution in [2.24, 2.45) is 7.05 Å². The minimum absolute atomic E-state index is 0.713. The van der Waals surface area contributed by atoms with Crippen LogP contribution in [0.5, 0.6) is 23.0 Å². The quantitative estimate of drug-likeness (QED) is 0.213. The first-order valence-corrected chi connectivity index (χ1v) is 10.6. The molecule has 8 nitrogen and oxygen atoms in total. The first kappa shape index (κ1) is 23.3. The molecule has 0 bridgehead atoms. The van der Waals surface area contributed by atoms with Gasteiger partial charge in [-0.15, -0.1) is 0 Å². The lowest BCUT2D eigenvalue weighted by molar-refractivity contribution is -0.642. The molecule has 0 aliphatic rings. The number of hydrogen-bond acceptors (Lipinski definition) is 6. The van der Waals surface area contributed by atoms with Gasteiger partial charge in [-0.2, -0.15) is 13.0 Å². The molecule has 0 saturated heterocycles. The van der Waals surface area contributed by atoms with Crippen LogP contribution in [0.3, 0.4) is 0 Å². The first-order valence-electron chi connectivity index (χ1n) is 9.31. The zero-order valence-electron chi connectivity index (χ0n) is 18.2. The summed E-state index contributed by atoms with van der Waals surface area (Å²) in [7, 11) is 3.49. The number of aromatic nitrogens is 1. The van der Waals surface area contributed by atoms with E-state index in [2.05, 4.69) is 29.9 Å². The Kier molecular flexibility index (Phi) is 6.56. The van der Waals surface area contributed by atoms with Gasteiger partial charge in [0.05, 0.1) is 44.6 Å². The molecule has 0 aliphatic carbocycles. The summed E-state index contributed by atoms with van der Waals surface area (Å²) in [5, 5.41) is 5.52. The Morgan fingerprint density at radius 3 is 1.69 bits per heavy atom. The number of methoxy groups -OCH3 is 4. The minimum atomic E-state index is -5.17. The molecule has 0 saturated carbocycles. The van der Waals surface area contributed by atoms with Crippen molar-refractivity contribution in [2.75, 3.05) is 28.4 Å². The van der Waals surface area contributed by atoms with Gasteiger partial charge in [-0.25, -0.2) is 0 Å². The summed E-state index contributed by atoms with van der Waals surface area (Å²) in [6.45, 7) is 0. The average Bonchev–Trinajstić information content (AvgIpc) is 2.75. The SMILES string of the molecule is COc1cc2c[n+](C)c3c4cc(OC)c(OC)cc4ccc3c2cc1OC.O=S(=O)(O)F. The van der Waals surface area contributed by atoms with Crippen molar-refractivity contribution in [3.63, 3.8) is 0 Å². The Balaban J connectivity index is 0.000000523. The Hall–Kier alpha value is -3.37. The third-order valence-electron chi connectivity index (χ3n) is 5.03.